The molecule has 3 heteroatoms. The molecule has 2 heterocycles. The van der Waals surface area contributed by atoms with E-state index in [0.29, 0.717) is 0 Å². The van der Waals surface area contributed by atoms with Crippen LogP contribution < -0.4 is 5.32 Å². The summed E-state index contributed by atoms with van der Waals surface area (Å²) in [5.41, 5.74) is 8.70. The Morgan fingerprint density at radius 3 is 2.42 bits per heavy atom. The molecule has 0 atom stereocenters. The van der Waals surface area contributed by atoms with Crippen LogP contribution in [0.1, 0.15) is 29.2 Å². The van der Waals surface area contributed by atoms with Crippen LogP contribution in [0.5, 0.6) is 0 Å². The van der Waals surface area contributed by atoms with E-state index in [1.165, 1.54) is 27.8 Å². The molecule has 2 aromatic carbocycles. The van der Waals surface area contributed by atoms with Gasteiger partial charge in [-0.3, -0.25) is 0 Å². The molecular weight excluding hydrogens is 294 g/mol. The number of aryl methyl sites for hydroxylation is 3. The van der Waals surface area contributed by atoms with E-state index in [0.717, 1.165) is 36.6 Å². The Kier molecular flexibility index (Phi) is 3.64. The van der Waals surface area contributed by atoms with Gasteiger partial charge in [-0.15, -0.1) is 0 Å². The molecule has 0 bridgehead atoms. The lowest BCUT2D eigenvalue weighted by atomic mass is 10.0. The maximum absolute atomic E-state index is 4.96. The summed E-state index contributed by atoms with van der Waals surface area (Å²) in [4.78, 5) is 0. The van der Waals surface area contributed by atoms with Crippen molar-refractivity contribution in [3.63, 3.8) is 0 Å². The smallest absolute Gasteiger partial charge is 0.133 e. The second kappa shape index (κ2) is 5.82. The second-order valence-corrected chi connectivity index (χ2v) is 6.66. The molecule has 1 aliphatic heterocycles. The Bertz CT molecular complexity index is 868. The minimum absolute atomic E-state index is 0.984. The number of hydrogen-bond acceptors (Lipinski definition) is 2. The lowest BCUT2D eigenvalue weighted by Gasteiger charge is -2.07. The average molecular weight is 317 g/mol. The highest BCUT2D eigenvalue weighted by atomic mass is 15.3. The number of nitrogens with zero attached hydrogens (tertiary/aromatic N) is 2. The van der Waals surface area contributed by atoms with E-state index in [1.807, 2.05) is 0 Å². The first-order valence-electron chi connectivity index (χ1n) is 8.69. The average Bonchev–Trinajstić information content (AvgIpc) is 3.16. The lowest BCUT2D eigenvalue weighted by molar-refractivity contribution is 0.881. The van der Waals surface area contributed by atoms with Crippen LogP contribution in [0.4, 0.5) is 5.82 Å². The van der Waals surface area contributed by atoms with Gasteiger partial charge in [-0.1, -0.05) is 36.2 Å². The van der Waals surface area contributed by atoms with Gasteiger partial charge in [0.05, 0.1) is 11.4 Å². The van der Waals surface area contributed by atoms with Crippen molar-refractivity contribution in [2.45, 2.75) is 33.6 Å². The van der Waals surface area contributed by atoms with Crippen molar-refractivity contribution in [1.29, 1.82) is 0 Å². The van der Waals surface area contributed by atoms with Crippen molar-refractivity contribution in [3.05, 3.63) is 64.7 Å². The SMILES string of the molecule is CCc1ccc(-n2nc(-c3cc(C)cc(C)c3)c3c2NCC3)cc1. The standard InChI is InChI=1S/C21H23N3/c1-4-16-5-7-18(8-6-16)24-21-19(9-10-22-21)20(23-24)17-12-14(2)11-15(3)13-17/h5-8,11-13,22H,4,9-10H2,1-3H3. The van der Waals surface area contributed by atoms with Gasteiger partial charge in [0.2, 0.25) is 0 Å². The summed E-state index contributed by atoms with van der Waals surface area (Å²) in [6, 6.07) is 15.4. The molecule has 1 aliphatic rings. The van der Waals surface area contributed by atoms with Crippen molar-refractivity contribution < 1.29 is 0 Å². The van der Waals surface area contributed by atoms with Crippen LogP contribution >= 0.6 is 0 Å². The normalized spacial score (nSPS) is 13.0. The van der Waals surface area contributed by atoms with Crippen LogP contribution in [0.15, 0.2) is 42.5 Å². The Morgan fingerprint density at radius 2 is 1.75 bits per heavy atom. The van der Waals surface area contributed by atoms with Crippen molar-refractivity contribution >= 4 is 5.82 Å². The van der Waals surface area contributed by atoms with Crippen molar-refractivity contribution in [2.75, 3.05) is 11.9 Å². The summed E-state index contributed by atoms with van der Waals surface area (Å²) in [6.45, 7) is 7.46. The monoisotopic (exact) mass is 317 g/mol. The predicted octanol–water partition coefficient (Wildman–Crippen LogP) is 4.69. The van der Waals surface area contributed by atoms with Gasteiger partial charge in [-0.25, -0.2) is 4.68 Å². The van der Waals surface area contributed by atoms with E-state index >= 15 is 0 Å². The highest BCUT2D eigenvalue weighted by Gasteiger charge is 2.24. The number of aromatic nitrogens is 2. The molecule has 0 aliphatic carbocycles. The topological polar surface area (TPSA) is 29.9 Å². The molecule has 24 heavy (non-hydrogen) atoms. The van der Waals surface area contributed by atoms with Crippen molar-refractivity contribution in [3.8, 4) is 16.9 Å². The van der Waals surface area contributed by atoms with Crippen LogP contribution in [0.3, 0.4) is 0 Å². The van der Waals surface area contributed by atoms with Crippen LogP contribution in [0.2, 0.25) is 0 Å². The maximum Gasteiger partial charge on any atom is 0.133 e. The number of benzene rings is 2. The third kappa shape index (κ3) is 2.50. The summed E-state index contributed by atoms with van der Waals surface area (Å²) in [7, 11) is 0. The molecule has 122 valence electrons. The Hall–Kier alpha value is -2.55. The fourth-order valence-electron chi connectivity index (χ4n) is 3.58. The van der Waals surface area contributed by atoms with Gasteiger partial charge in [-0.2, -0.15) is 5.10 Å². The number of hydrogen-bond donors (Lipinski definition) is 1. The Labute approximate surface area is 143 Å². The molecule has 0 spiro atoms. The van der Waals surface area contributed by atoms with E-state index in [2.05, 4.69) is 73.2 Å². The van der Waals surface area contributed by atoms with Gasteiger partial charge in [0.25, 0.3) is 0 Å². The number of anilines is 1. The largest absolute Gasteiger partial charge is 0.369 e. The third-order valence-corrected chi connectivity index (χ3v) is 4.74. The predicted molar refractivity (Wildman–Crippen MR) is 100 cm³/mol. The highest BCUT2D eigenvalue weighted by Crippen LogP contribution is 2.35. The molecule has 0 unspecified atom stereocenters. The lowest BCUT2D eigenvalue weighted by Crippen LogP contribution is -2.04. The molecule has 0 saturated carbocycles. The van der Waals surface area contributed by atoms with Gasteiger partial charge < -0.3 is 5.32 Å². The first-order chi connectivity index (χ1) is 11.7. The van der Waals surface area contributed by atoms with Crippen LogP contribution in [-0.4, -0.2) is 16.3 Å². The molecule has 0 saturated heterocycles. The minimum Gasteiger partial charge on any atom is -0.369 e. The summed E-state index contributed by atoms with van der Waals surface area (Å²) in [6.07, 6.45) is 2.09. The Morgan fingerprint density at radius 1 is 1.04 bits per heavy atom. The first-order valence-corrected chi connectivity index (χ1v) is 8.69. The summed E-state index contributed by atoms with van der Waals surface area (Å²) in [5.74, 6) is 1.15. The zero-order chi connectivity index (χ0) is 16.7. The zero-order valence-electron chi connectivity index (χ0n) is 14.6. The number of nitrogens with one attached hydrogen (secondary N) is 1. The van der Waals surface area contributed by atoms with Gasteiger partial charge in [0, 0.05) is 17.7 Å². The molecular formula is C21H23N3. The van der Waals surface area contributed by atoms with Gasteiger partial charge >= 0.3 is 0 Å². The quantitative estimate of drug-likeness (QED) is 0.759. The molecule has 3 nitrogen and oxygen atoms in total. The molecule has 3 aromatic rings. The summed E-state index contributed by atoms with van der Waals surface area (Å²) in [5, 5.41) is 8.48. The first kappa shape index (κ1) is 15.0. The van der Waals surface area contributed by atoms with Crippen LogP contribution in [0.25, 0.3) is 16.9 Å². The van der Waals surface area contributed by atoms with Gasteiger partial charge in [-0.05, 0) is 56.5 Å². The maximum atomic E-state index is 4.96. The number of fused-ring (bicyclic) bond motifs is 1. The number of rotatable bonds is 3. The van der Waals surface area contributed by atoms with E-state index in [4.69, 9.17) is 5.10 Å². The van der Waals surface area contributed by atoms with Crippen LogP contribution in [0, 0.1) is 13.8 Å². The van der Waals surface area contributed by atoms with E-state index in [-0.39, 0.29) is 0 Å². The van der Waals surface area contributed by atoms with Gasteiger partial charge in [0.1, 0.15) is 5.82 Å². The van der Waals surface area contributed by atoms with Gasteiger partial charge in [0.15, 0.2) is 0 Å². The van der Waals surface area contributed by atoms with Crippen molar-refractivity contribution in [1.82, 2.24) is 9.78 Å². The third-order valence-electron chi connectivity index (χ3n) is 4.74. The second-order valence-electron chi connectivity index (χ2n) is 6.66. The van der Waals surface area contributed by atoms with Crippen molar-refractivity contribution in [2.24, 2.45) is 0 Å². The van der Waals surface area contributed by atoms with E-state index in [1.54, 1.807) is 0 Å². The molecule has 4 rings (SSSR count). The fourth-order valence-corrected chi connectivity index (χ4v) is 3.58. The zero-order valence-corrected chi connectivity index (χ0v) is 14.6. The highest BCUT2D eigenvalue weighted by molar-refractivity contribution is 5.73. The van der Waals surface area contributed by atoms with E-state index in [9.17, 15) is 0 Å². The molecule has 0 amide bonds. The summed E-state index contributed by atoms with van der Waals surface area (Å²) < 4.78 is 2.06. The molecule has 1 N–H and O–H groups in total. The fraction of sp³-hybridized carbons (Fsp3) is 0.286. The summed E-state index contributed by atoms with van der Waals surface area (Å²) >= 11 is 0. The molecule has 0 radical (unpaired) electrons. The molecule has 1 aromatic heterocycles. The van der Waals surface area contributed by atoms with Crippen LogP contribution in [-0.2, 0) is 12.8 Å². The molecule has 0 fully saturated rings. The van der Waals surface area contributed by atoms with E-state index < -0.39 is 0 Å². The Balaban J connectivity index is 1.85. The minimum atomic E-state index is 0.984.